The van der Waals surface area contributed by atoms with E-state index in [9.17, 15) is 4.79 Å². The number of nitrogens with zero attached hydrogens (tertiary/aromatic N) is 3. The lowest BCUT2D eigenvalue weighted by Gasteiger charge is -2.19. The van der Waals surface area contributed by atoms with Crippen LogP contribution >= 0.6 is 0 Å². The Labute approximate surface area is 149 Å². The van der Waals surface area contributed by atoms with Crippen molar-refractivity contribution in [3.05, 3.63) is 42.5 Å². The molecule has 2 aromatic rings. The van der Waals surface area contributed by atoms with Gasteiger partial charge in [0.25, 0.3) is 0 Å². The fraction of sp³-hybridized carbons (Fsp3) is 0.526. The van der Waals surface area contributed by atoms with E-state index < -0.39 is 0 Å². The number of amides is 1. The Hall–Kier alpha value is -2.21. The second-order valence-corrected chi connectivity index (χ2v) is 6.97. The molecule has 0 radical (unpaired) electrons. The van der Waals surface area contributed by atoms with Gasteiger partial charge in [-0.1, -0.05) is 43.9 Å². The highest BCUT2D eigenvalue weighted by Gasteiger charge is 2.17. The lowest BCUT2D eigenvalue weighted by molar-refractivity contribution is -0.116. The van der Waals surface area contributed by atoms with Gasteiger partial charge in [0.2, 0.25) is 5.91 Å². The molecule has 1 fully saturated rings. The van der Waals surface area contributed by atoms with Gasteiger partial charge < -0.3 is 10.6 Å². The first-order chi connectivity index (χ1) is 12.2. The van der Waals surface area contributed by atoms with Gasteiger partial charge in [0.05, 0.1) is 0 Å². The molecule has 1 aromatic heterocycles. The van der Waals surface area contributed by atoms with Crippen molar-refractivity contribution in [2.24, 2.45) is 5.92 Å². The van der Waals surface area contributed by atoms with E-state index in [-0.39, 0.29) is 12.5 Å². The maximum atomic E-state index is 12.2. The molecule has 6 heteroatoms. The van der Waals surface area contributed by atoms with Gasteiger partial charge in [0.15, 0.2) is 0 Å². The minimum absolute atomic E-state index is 0.100. The fourth-order valence-corrected chi connectivity index (χ4v) is 3.56. The van der Waals surface area contributed by atoms with Crippen LogP contribution in [0.1, 0.15) is 44.6 Å². The Morgan fingerprint density at radius 3 is 2.88 bits per heavy atom. The Bertz CT molecular complexity index is 664. The van der Waals surface area contributed by atoms with Crippen LogP contribution < -0.4 is 10.6 Å². The van der Waals surface area contributed by atoms with Crippen LogP contribution in [0, 0.1) is 5.92 Å². The van der Waals surface area contributed by atoms with E-state index in [1.54, 1.807) is 0 Å². The van der Waals surface area contributed by atoms with Gasteiger partial charge in [-0.25, -0.2) is 9.67 Å². The van der Waals surface area contributed by atoms with Crippen LogP contribution in [0.3, 0.4) is 0 Å². The van der Waals surface area contributed by atoms with Gasteiger partial charge in [0, 0.05) is 18.3 Å². The Morgan fingerprint density at radius 2 is 2.12 bits per heavy atom. The zero-order valence-corrected chi connectivity index (χ0v) is 14.8. The third kappa shape index (κ3) is 5.39. The van der Waals surface area contributed by atoms with Crippen molar-refractivity contribution in [2.75, 3.05) is 5.32 Å². The molecule has 1 saturated carbocycles. The maximum absolute atomic E-state index is 12.2. The normalized spacial score (nSPS) is 16.0. The highest BCUT2D eigenvalue weighted by molar-refractivity contribution is 5.91. The minimum Gasteiger partial charge on any atom is -0.324 e. The molecule has 2 N–H and O–H groups in total. The molecule has 0 bridgehead atoms. The average Bonchev–Trinajstić information content (AvgIpc) is 3.28. The zero-order valence-electron chi connectivity index (χ0n) is 14.8. The third-order valence-electron chi connectivity index (χ3n) is 4.87. The van der Waals surface area contributed by atoms with Crippen LogP contribution in [-0.2, 0) is 17.9 Å². The number of benzene rings is 1. The topological polar surface area (TPSA) is 71.8 Å². The van der Waals surface area contributed by atoms with Crippen LogP contribution in [0.2, 0.25) is 0 Å². The SMILES string of the molecule is CC(CC1CCCC1)NCc1ccccc1NC(=O)Cn1cncn1. The molecule has 1 atom stereocenters. The second-order valence-electron chi connectivity index (χ2n) is 6.97. The molecule has 0 saturated heterocycles. The van der Waals surface area contributed by atoms with E-state index in [4.69, 9.17) is 0 Å². The van der Waals surface area contributed by atoms with Crippen molar-refractivity contribution < 1.29 is 4.79 Å². The summed E-state index contributed by atoms with van der Waals surface area (Å²) in [6, 6.07) is 8.43. The fourth-order valence-electron chi connectivity index (χ4n) is 3.56. The van der Waals surface area contributed by atoms with Gasteiger partial charge in [-0.15, -0.1) is 0 Å². The summed E-state index contributed by atoms with van der Waals surface area (Å²) < 4.78 is 1.51. The molecule has 1 aliphatic carbocycles. The zero-order chi connectivity index (χ0) is 17.5. The smallest absolute Gasteiger partial charge is 0.246 e. The van der Waals surface area contributed by atoms with Crippen LogP contribution in [0.5, 0.6) is 0 Å². The summed E-state index contributed by atoms with van der Waals surface area (Å²) in [6.45, 7) is 3.18. The minimum atomic E-state index is -0.100. The van der Waals surface area contributed by atoms with E-state index in [1.165, 1.54) is 49.4 Å². The van der Waals surface area contributed by atoms with Crippen molar-refractivity contribution >= 4 is 11.6 Å². The van der Waals surface area contributed by atoms with E-state index in [1.807, 2.05) is 18.2 Å². The number of anilines is 1. The van der Waals surface area contributed by atoms with Crippen LogP contribution in [0.4, 0.5) is 5.69 Å². The van der Waals surface area contributed by atoms with Crippen molar-refractivity contribution in [1.29, 1.82) is 0 Å². The van der Waals surface area contributed by atoms with Crippen LogP contribution in [-0.4, -0.2) is 26.7 Å². The van der Waals surface area contributed by atoms with Crippen LogP contribution in [0.25, 0.3) is 0 Å². The molecule has 1 aliphatic rings. The summed E-state index contributed by atoms with van der Waals surface area (Å²) in [4.78, 5) is 16.0. The van der Waals surface area contributed by atoms with Crippen molar-refractivity contribution in [1.82, 2.24) is 20.1 Å². The van der Waals surface area contributed by atoms with Crippen LogP contribution in [0.15, 0.2) is 36.9 Å². The predicted molar refractivity (Wildman–Crippen MR) is 98.0 cm³/mol. The van der Waals surface area contributed by atoms with E-state index in [0.29, 0.717) is 6.04 Å². The molecule has 1 amide bonds. The number of hydrogen-bond acceptors (Lipinski definition) is 4. The quantitative estimate of drug-likeness (QED) is 0.774. The van der Waals surface area contributed by atoms with Gasteiger partial charge >= 0.3 is 0 Å². The molecule has 1 heterocycles. The lowest BCUT2D eigenvalue weighted by Crippen LogP contribution is -2.28. The standard InChI is InChI=1S/C19H27N5O/c1-15(10-16-6-2-3-7-16)21-11-17-8-4-5-9-18(17)23-19(25)12-24-14-20-13-22-24/h4-5,8-9,13-16,21H,2-3,6-7,10-12H2,1H3,(H,23,25). The number of carbonyl (C=O) groups excluding carboxylic acids is 1. The third-order valence-corrected chi connectivity index (χ3v) is 4.87. The van der Waals surface area contributed by atoms with Crippen molar-refractivity contribution in [3.8, 4) is 0 Å². The summed E-state index contributed by atoms with van der Waals surface area (Å²) in [5.74, 6) is 0.775. The first kappa shape index (κ1) is 17.6. The first-order valence-electron chi connectivity index (χ1n) is 9.14. The van der Waals surface area contributed by atoms with E-state index >= 15 is 0 Å². The summed E-state index contributed by atoms with van der Waals surface area (Å²) in [5, 5.41) is 10.5. The molecule has 1 aromatic carbocycles. The van der Waals surface area contributed by atoms with Gasteiger partial charge in [-0.2, -0.15) is 5.10 Å². The van der Waals surface area contributed by atoms with Gasteiger partial charge in [-0.05, 0) is 30.9 Å². The van der Waals surface area contributed by atoms with E-state index in [0.717, 1.165) is 23.7 Å². The molecule has 6 nitrogen and oxygen atoms in total. The van der Waals surface area contributed by atoms with Crippen molar-refractivity contribution in [2.45, 2.75) is 58.2 Å². The first-order valence-corrected chi connectivity index (χ1v) is 9.14. The number of nitrogens with one attached hydrogen (secondary N) is 2. The molecule has 0 spiro atoms. The van der Waals surface area contributed by atoms with Gasteiger partial charge in [0.1, 0.15) is 19.2 Å². The summed E-state index contributed by atoms with van der Waals surface area (Å²) >= 11 is 0. The highest BCUT2D eigenvalue weighted by Crippen LogP contribution is 2.28. The summed E-state index contributed by atoms with van der Waals surface area (Å²) in [6.07, 6.45) is 9.73. The predicted octanol–water partition coefficient (Wildman–Crippen LogP) is 2.98. The molecular weight excluding hydrogens is 314 g/mol. The number of aromatic nitrogens is 3. The summed E-state index contributed by atoms with van der Waals surface area (Å²) in [7, 11) is 0. The molecule has 0 aliphatic heterocycles. The number of hydrogen-bond donors (Lipinski definition) is 2. The van der Waals surface area contributed by atoms with E-state index in [2.05, 4.69) is 33.7 Å². The number of carbonyl (C=O) groups is 1. The Balaban J connectivity index is 1.52. The average molecular weight is 341 g/mol. The summed E-state index contributed by atoms with van der Waals surface area (Å²) in [5.41, 5.74) is 1.96. The second kappa shape index (κ2) is 8.76. The highest BCUT2D eigenvalue weighted by atomic mass is 16.2. The Kier molecular flexibility index (Phi) is 6.17. The van der Waals surface area contributed by atoms with Gasteiger partial charge in [-0.3, -0.25) is 4.79 Å². The number of para-hydroxylation sites is 1. The molecule has 25 heavy (non-hydrogen) atoms. The monoisotopic (exact) mass is 341 g/mol. The Morgan fingerprint density at radius 1 is 1.32 bits per heavy atom. The molecule has 134 valence electrons. The number of rotatable bonds is 8. The maximum Gasteiger partial charge on any atom is 0.246 e. The molecule has 3 rings (SSSR count). The lowest BCUT2D eigenvalue weighted by atomic mass is 9.99. The van der Waals surface area contributed by atoms with Crippen molar-refractivity contribution in [3.63, 3.8) is 0 Å². The molecular formula is C19H27N5O. The molecule has 1 unspecified atom stereocenters. The largest absolute Gasteiger partial charge is 0.324 e.